The van der Waals surface area contributed by atoms with E-state index in [2.05, 4.69) is 14.9 Å². The molecule has 5 heteroatoms. The van der Waals surface area contributed by atoms with Gasteiger partial charge in [-0.05, 0) is 18.6 Å². The van der Waals surface area contributed by atoms with Crippen LogP contribution in [0.25, 0.3) is 0 Å². The van der Waals surface area contributed by atoms with Crippen molar-refractivity contribution in [3.8, 4) is 5.75 Å². The van der Waals surface area contributed by atoms with E-state index in [1.54, 1.807) is 12.4 Å². The topological polar surface area (TPSA) is 58.5 Å². The molecule has 0 amide bonds. The second kappa shape index (κ2) is 5.24. The van der Waals surface area contributed by atoms with Crippen LogP contribution >= 0.6 is 0 Å². The fourth-order valence-corrected chi connectivity index (χ4v) is 2.13. The molecule has 2 heterocycles. The number of hydrogen-bond donors (Lipinski definition) is 1. The number of fused-ring (bicyclic) bond motifs is 1. The fraction of sp³-hybridized carbons (Fsp3) is 0.286. The minimum Gasteiger partial charge on any atom is -0.491 e. The Balaban J connectivity index is 1.99. The maximum Gasteiger partial charge on any atom is 0.151 e. The summed E-state index contributed by atoms with van der Waals surface area (Å²) in [6, 6.07) is 7.92. The van der Waals surface area contributed by atoms with Gasteiger partial charge in [0.15, 0.2) is 5.82 Å². The Bertz CT molecular complexity index is 557. The Morgan fingerprint density at radius 2 is 2.11 bits per heavy atom. The van der Waals surface area contributed by atoms with Crippen molar-refractivity contribution < 1.29 is 9.84 Å². The number of rotatable bonds is 2. The summed E-state index contributed by atoms with van der Waals surface area (Å²) in [4.78, 5) is 10.6. The van der Waals surface area contributed by atoms with Crippen LogP contribution in [-0.2, 0) is 6.61 Å². The lowest BCUT2D eigenvalue weighted by molar-refractivity contribution is 0.276. The summed E-state index contributed by atoms with van der Waals surface area (Å²) in [6.45, 7) is 1.45. The molecule has 0 aliphatic carbocycles. The number of aliphatic hydroxyl groups is 1. The number of benzene rings is 1. The second-order valence-electron chi connectivity index (χ2n) is 4.35. The van der Waals surface area contributed by atoms with Gasteiger partial charge in [-0.25, -0.2) is 4.98 Å². The van der Waals surface area contributed by atoms with Gasteiger partial charge in [-0.1, -0.05) is 12.1 Å². The van der Waals surface area contributed by atoms with E-state index in [1.165, 1.54) is 0 Å². The molecule has 2 aromatic rings. The Hall–Kier alpha value is -2.14. The molecule has 0 fully saturated rings. The number of ether oxygens (including phenoxy) is 1. The lowest BCUT2D eigenvalue weighted by atomic mass is 10.2. The van der Waals surface area contributed by atoms with Gasteiger partial charge < -0.3 is 14.7 Å². The van der Waals surface area contributed by atoms with Crippen molar-refractivity contribution >= 4 is 11.5 Å². The summed E-state index contributed by atoms with van der Waals surface area (Å²) in [5.74, 6) is 1.64. The monoisotopic (exact) mass is 257 g/mol. The summed E-state index contributed by atoms with van der Waals surface area (Å²) in [7, 11) is 0. The highest BCUT2D eigenvalue weighted by atomic mass is 16.5. The molecule has 3 rings (SSSR count). The number of anilines is 2. The highest BCUT2D eigenvalue weighted by Crippen LogP contribution is 2.34. The minimum absolute atomic E-state index is 0.0903. The van der Waals surface area contributed by atoms with Crippen LogP contribution in [-0.4, -0.2) is 28.2 Å². The highest BCUT2D eigenvalue weighted by Gasteiger charge is 2.18. The number of para-hydroxylation sites is 2. The fourth-order valence-electron chi connectivity index (χ4n) is 2.13. The normalized spacial score (nSPS) is 14.5. The van der Waals surface area contributed by atoms with E-state index in [9.17, 15) is 0 Å². The van der Waals surface area contributed by atoms with E-state index in [1.807, 2.05) is 24.3 Å². The van der Waals surface area contributed by atoms with Crippen molar-refractivity contribution in [2.45, 2.75) is 13.0 Å². The summed E-state index contributed by atoms with van der Waals surface area (Å²) < 4.78 is 5.72. The summed E-state index contributed by atoms with van der Waals surface area (Å²) in [6.07, 6.45) is 4.22. The first-order valence-corrected chi connectivity index (χ1v) is 6.29. The van der Waals surface area contributed by atoms with Gasteiger partial charge in [-0.15, -0.1) is 0 Å². The first-order chi connectivity index (χ1) is 9.38. The maximum absolute atomic E-state index is 9.01. The second-order valence-corrected chi connectivity index (χ2v) is 4.35. The van der Waals surface area contributed by atoms with Crippen molar-refractivity contribution in [2.75, 3.05) is 18.1 Å². The molecule has 1 aliphatic rings. The van der Waals surface area contributed by atoms with E-state index >= 15 is 0 Å². The number of nitrogens with zero attached hydrogens (tertiary/aromatic N) is 3. The molecule has 0 atom stereocenters. The summed E-state index contributed by atoms with van der Waals surface area (Å²) in [5, 5.41) is 9.01. The van der Waals surface area contributed by atoms with Gasteiger partial charge in [0, 0.05) is 6.54 Å². The van der Waals surface area contributed by atoms with Crippen molar-refractivity contribution in [3.63, 3.8) is 0 Å². The Morgan fingerprint density at radius 3 is 2.89 bits per heavy atom. The molecular weight excluding hydrogens is 242 g/mol. The third-order valence-electron chi connectivity index (χ3n) is 3.07. The molecule has 1 N–H and O–H groups in total. The van der Waals surface area contributed by atoms with E-state index < -0.39 is 0 Å². The predicted molar refractivity (Wildman–Crippen MR) is 71.5 cm³/mol. The standard InChI is InChI=1S/C14H15N3O2/c18-10-11-8-16-14(9-15-11)17-6-3-7-19-13-5-2-1-4-12(13)17/h1-2,4-5,8-9,18H,3,6-7,10H2. The van der Waals surface area contributed by atoms with Gasteiger partial charge in [0.25, 0.3) is 0 Å². The van der Waals surface area contributed by atoms with Gasteiger partial charge in [0.2, 0.25) is 0 Å². The molecule has 1 aromatic heterocycles. The van der Waals surface area contributed by atoms with Crippen molar-refractivity contribution in [2.24, 2.45) is 0 Å². The van der Waals surface area contributed by atoms with Crippen molar-refractivity contribution in [3.05, 3.63) is 42.4 Å². The summed E-state index contributed by atoms with van der Waals surface area (Å²) in [5.41, 5.74) is 1.58. The smallest absolute Gasteiger partial charge is 0.151 e. The lowest BCUT2D eigenvalue weighted by Crippen LogP contribution is -2.19. The molecule has 1 aromatic carbocycles. The average Bonchev–Trinajstić information content (AvgIpc) is 2.70. The van der Waals surface area contributed by atoms with Gasteiger partial charge in [-0.3, -0.25) is 4.98 Å². The number of hydrogen-bond acceptors (Lipinski definition) is 5. The zero-order chi connectivity index (χ0) is 13.1. The van der Waals surface area contributed by atoms with E-state index in [0.29, 0.717) is 12.3 Å². The zero-order valence-corrected chi connectivity index (χ0v) is 10.5. The first kappa shape index (κ1) is 11.9. The Labute approximate surface area is 111 Å². The van der Waals surface area contributed by atoms with Crippen LogP contribution in [0.2, 0.25) is 0 Å². The number of aliphatic hydroxyl groups excluding tert-OH is 1. The van der Waals surface area contributed by atoms with Crippen molar-refractivity contribution in [1.29, 1.82) is 0 Å². The minimum atomic E-state index is -0.0903. The van der Waals surface area contributed by atoms with Crippen molar-refractivity contribution in [1.82, 2.24) is 9.97 Å². The SMILES string of the molecule is OCc1cnc(N2CCCOc3ccccc32)cn1. The van der Waals surface area contributed by atoms with E-state index in [0.717, 1.165) is 30.2 Å². The largest absolute Gasteiger partial charge is 0.491 e. The van der Waals surface area contributed by atoms with Gasteiger partial charge in [0.1, 0.15) is 5.75 Å². The van der Waals surface area contributed by atoms with Crippen LogP contribution in [0.3, 0.4) is 0 Å². The third-order valence-corrected chi connectivity index (χ3v) is 3.07. The van der Waals surface area contributed by atoms with Crippen LogP contribution in [0.5, 0.6) is 5.75 Å². The van der Waals surface area contributed by atoms with Gasteiger partial charge >= 0.3 is 0 Å². The Kier molecular flexibility index (Phi) is 3.29. The van der Waals surface area contributed by atoms with Crippen LogP contribution in [0.15, 0.2) is 36.7 Å². The Morgan fingerprint density at radius 1 is 1.21 bits per heavy atom. The zero-order valence-electron chi connectivity index (χ0n) is 10.5. The summed E-state index contributed by atoms with van der Waals surface area (Å²) >= 11 is 0. The molecule has 1 aliphatic heterocycles. The van der Waals surface area contributed by atoms with Gasteiger partial charge in [0.05, 0.1) is 37.0 Å². The first-order valence-electron chi connectivity index (χ1n) is 6.29. The molecule has 0 bridgehead atoms. The maximum atomic E-state index is 9.01. The van der Waals surface area contributed by atoms with Crippen LogP contribution in [0, 0.1) is 0 Å². The number of aromatic nitrogens is 2. The van der Waals surface area contributed by atoms with E-state index in [4.69, 9.17) is 9.84 Å². The van der Waals surface area contributed by atoms with Gasteiger partial charge in [-0.2, -0.15) is 0 Å². The lowest BCUT2D eigenvalue weighted by Gasteiger charge is -2.22. The van der Waals surface area contributed by atoms with Crippen LogP contribution in [0.1, 0.15) is 12.1 Å². The van der Waals surface area contributed by atoms with E-state index in [-0.39, 0.29) is 6.61 Å². The van der Waals surface area contributed by atoms with Crippen LogP contribution < -0.4 is 9.64 Å². The molecule has 0 saturated carbocycles. The quantitative estimate of drug-likeness (QED) is 0.890. The predicted octanol–water partition coefficient (Wildman–Crippen LogP) is 1.89. The molecule has 5 nitrogen and oxygen atoms in total. The molecule has 0 saturated heterocycles. The molecule has 0 unspecified atom stereocenters. The molecule has 0 radical (unpaired) electrons. The molecular formula is C14H15N3O2. The molecule has 19 heavy (non-hydrogen) atoms. The average molecular weight is 257 g/mol. The van der Waals surface area contributed by atoms with Crippen LogP contribution in [0.4, 0.5) is 11.5 Å². The molecule has 98 valence electrons. The molecule has 0 spiro atoms. The third kappa shape index (κ3) is 2.37. The highest BCUT2D eigenvalue weighted by molar-refractivity contribution is 5.67.